The summed E-state index contributed by atoms with van der Waals surface area (Å²) in [6, 6.07) is 5.85. The number of benzene rings is 1. The molecule has 0 saturated carbocycles. The lowest BCUT2D eigenvalue weighted by Gasteiger charge is -2.35. The Hall–Kier alpha value is -3.23. The van der Waals surface area contributed by atoms with Crippen molar-refractivity contribution in [1.82, 2.24) is 9.88 Å². The van der Waals surface area contributed by atoms with Gasteiger partial charge < -0.3 is 14.7 Å². The summed E-state index contributed by atoms with van der Waals surface area (Å²) >= 11 is 0. The zero-order chi connectivity index (χ0) is 20.5. The number of pyridine rings is 1. The molecule has 3 rings (SSSR count). The lowest BCUT2D eigenvalue weighted by molar-refractivity contribution is -0.383. The number of nitro benzene ring substituents is 1. The van der Waals surface area contributed by atoms with Crippen molar-refractivity contribution in [2.45, 2.75) is 32.2 Å². The second-order valence-corrected chi connectivity index (χ2v) is 7.11. The number of non-ortho nitro benzene ring substituents is 1. The molecule has 9 heteroatoms. The first-order valence-electron chi connectivity index (χ1n) is 8.98. The van der Waals surface area contributed by atoms with Crippen molar-refractivity contribution in [2.24, 2.45) is 5.92 Å². The minimum absolute atomic E-state index is 0.110. The Morgan fingerprint density at radius 1 is 1.39 bits per heavy atom. The number of fused-ring (bicyclic) bond motifs is 1. The first-order valence-corrected chi connectivity index (χ1v) is 8.98. The molecule has 1 aromatic heterocycles. The van der Waals surface area contributed by atoms with Gasteiger partial charge in [0, 0.05) is 24.7 Å². The van der Waals surface area contributed by atoms with E-state index in [4.69, 9.17) is 4.74 Å². The average Bonchev–Trinajstić information content (AvgIpc) is 3.10. The maximum absolute atomic E-state index is 12.5. The van der Waals surface area contributed by atoms with E-state index in [0.717, 1.165) is 0 Å². The van der Waals surface area contributed by atoms with Crippen LogP contribution < -0.4 is 4.74 Å². The first kappa shape index (κ1) is 19.5. The molecule has 1 aromatic carbocycles. The van der Waals surface area contributed by atoms with Crippen LogP contribution in [0.3, 0.4) is 0 Å². The van der Waals surface area contributed by atoms with Gasteiger partial charge in [0.1, 0.15) is 17.9 Å². The Bertz CT molecular complexity index is 944. The summed E-state index contributed by atoms with van der Waals surface area (Å²) in [5, 5.41) is 21.4. The van der Waals surface area contributed by atoms with Crippen LogP contribution in [-0.4, -0.2) is 50.5 Å². The quantitative estimate of drug-likeness (QED) is 0.597. The number of hydrogen-bond donors (Lipinski definition) is 1. The van der Waals surface area contributed by atoms with Crippen molar-refractivity contribution in [3.05, 3.63) is 40.6 Å². The van der Waals surface area contributed by atoms with Gasteiger partial charge in [-0.2, -0.15) is 0 Å². The lowest BCUT2D eigenvalue weighted by atomic mass is 9.96. The molecule has 1 N–H and O–H groups in total. The SMILES string of the molecule is CC(C)C(=O)N1CCC[C@@]1(COc1ccc([N+](=O)[O-])c2cccnc12)C(=O)O. The van der Waals surface area contributed by atoms with Gasteiger partial charge >= 0.3 is 5.97 Å². The minimum atomic E-state index is -1.47. The summed E-state index contributed by atoms with van der Waals surface area (Å²) in [6.45, 7) is 3.54. The third-order valence-corrected chi connectivity index (χ3v) is 5.02. The monoisotopic (exact) mass is 387 g/mol. The van der Waals surface area contributed by atoms with Crippen molar-refractivity contribution in [1.29, 1.82) is 0 Å². The van der Waals surface area contributed by atoms with Gasteiger partial charge in [0.05, 0.1) is 10.3 Å². The molecule has 1 aliphatic heterocycles. The number of hydrogen-bond acceptors (Lipinski definition) is 6. The number of aliphatic carboxylic acids is 1. The number of nitro groups is 1. The van der Waals surface area contributed by atoms with Gasteiger partial charge in [0.25, 0.3) is 5.69 Å². The highest BCUT2D eigenvalue weighted by Gasteiger charge is 2.51. The number of carboxylic acids is 1. The van der Waals surface area contributed by atoms with E-state index < -0.39 is 16.4 Å². The number of carboxylic acid groups (broad SMARTS) is 1. The van der Waals surface area contributed by atoms with Gasteiger partial charge in [-0.05, 0) is 31.0 Å². The van der Waals surface area contributed by atoms with E-state index in [9.17, 15) is 24.8 Å². The summed E-state index contributed by atoms with van der Waals surface area (Å²) in [4.78, 5) is 40.9. The second-order valence-electron chi connectivity index (χ2n) is 7.11. The van der Waals surface area contributed by atoms with Crippen LogP contribution >= 0.6 is 0 Å². The maximum atomic E-state index is 12.5. The van der Waals surface area contributed by atoms with E-state index in [2.05, 4.69) is 4.98 Å². The highest BCUT2D eigenvalue weighted by Crippen LogP contribution is 2.35. The molecule has 0 aliphatic carbocycles. The first-order chi connectivity index (χ1) is 13.3. The summed E-state index contributed by atoms with van der Waals surface area (Å²) in [6.07, 6.45) is 2.32. The number of rotatable bonds is 6. The molecule has 0 bridgehead atoms. The van der Waals surface area contributed by atoms with Crippen LogP contribution in [0.4, 0.5) is 5.69 Å². The number of ether oxygens (including phenoxy) is 1. The zero-order valence-corrected chi connectivity index (χ0v) is 15.6. The van der Waals surface area contributed by atoms with Gasteiger partial charge in [-0.15, -0.1) is 0 Å². The van der Waals surface area contributed by atoms with Crippen LogP contribution in [0.25, 0.3) is 10.9 Å². The summed E-state index contributed by atoms with van der Waals surface area (Å²) in [5.74, 6) is -1.46. The number of nitrogens with zero attached hydrogens (tertiary/aromatic N) is 3. The van der Waals surface area contributed by atoms with Crippen LogP contribution in [0.5, 0.6) is 5.75 Å². The second kappa shape index (κ2) is 7.41. The Balaban J connectivity index is 1.96. The fourth-order valence-electron chi connectivity index (χ4n) is 3.55. The van der Waals surface area contributed by atoms with Crippen LogP contribution in [0, 0.1) is 16.0 Å². The predicted molar refractivity (Wildman–Crippen MR) is 100 cm³/mol. The number of carbonyl (C=O) groups excluding carboxylic acids is 1. The van der Waals surface area contributed by atoms with Gasteiger partial charge in [0.15, 0.2) is 5.54 Å². The molecule has 2 aromatic rings. The number of aromatic nitrogens is 1. The van der Waals surface area contributed by atoms with Crippen LogP contribution in [-0.2, 0) is 9.59 Å². The third-order valence-electron chi connectivity index (χ3n) is 5.02. The Morgan fingerprint density at radius 2 is 2.14 bits per heavy atom. The molecule has 0 spiro atoms. The molecule has 1 aliphatic rings. The topological polar surface area (TPSA) is 123 Å². The summed E-state index contributed by atoms with van der Waals surface area (Å²) in [7, 11) is 0. The molecule has 1 saturated heterocycles. The number of likely N-dealkylation sites (tertiary alicyclic amines) is 1. The third kappa shape index (κ3) is 3.23. The smallest absolute Gasteiger partial charge is 0.333 e. The van der Waals surface area contributed by atoms with E-state index in [1.165, 1.54) is 23.2 Å². The molecule has 1 amide bonds. The fraction of sp³-hybridized carbons (Fsp3) is 0.421. The van der Waals surface area contributed by atoms with Gasteiger partial charge in [-0.3, -0.25) is 19.9 Å². The molecular formula is C19H21N3O6. The molecule has 9 nitrogen and oxygen atoms in total. The number of amides is 1. The highest BCUT2D eigenvalue weighted by atomic mass is 16.6. The lowest BCUT2D eigenvalue weighted by Crippen LogP contribution is -2.57. The normalized spacial score (nSPS) is 19.2. The zero-order valence-electron chi connectivity index (χ0n) is 15.6. The maximum Gasteiger partial charge on any atom is 0.333 e. The van der Waals surface area contributed by atoms with Gasteiger partial charge in [-0.25, -0.2) is 4.79 Å². The summed E-state index contributed by atoms with van der Waals surface area (Å²) < 4.78 is 5.80. The molecule has 1 atom stereocenters. The van der Waals surface area contributed by atoms with Crippen molar-refractivity contribution in [3.8, 4) is 5.75 Å². The van der Waals surface area contributed by atoms with Crippen molar-refractivity contribution in [3.63, 3.8) is 0 Å². The Morgan fingerprint density at radius 3 is 2.79 bits per heavy atom. The minimum Gasteiger partial charge on any atom is -0.488 e. The van der Waals surface area contributed by atoms with Crippen molar-refractivity contribution in [2.75, 3.05) is 13.2 Å². The Labute approximate surface area is 161 Å². The van der Waals surface area contributed by atoms with E-state index in [1.807, 2.05) is 0 Å². The van der Waals surface area contributed by atoms with Crippen molar-refractivity contribution >= 4 is 28.5 Å². The van der Waals surface area contributed by atoms with Crippen LogP contribution in [0.1, 0.15) is 26.7 Å². The summed E-state index contributed by atoms with van der Waals surface area (Å²) in [5.41, 5.74) is -1.30. The molecule has 1 fully saturated rings. The number of carbonyl (C=O) groups is 2. The standard InChI is InChI=1S/C19H21N3O6/c1-12(2)17(23)21-10-4-8-19(21,18(24)25)11-28-15-7-6-14(22(26)27)13-5-3-9-20-16(13)15/h3,5-7,9,12H,4,8,10-11H2,1-2H3,(H,24,25)/t19-/m1/s1. The van der Waals surface area contributed by atoms with Crippen molar-refractivity contribution < 1.29 is 24.4 Å². The molecule has 0 unspecified atom stereocenters. The fourth-order valence-corrected chi connectivity index (χ4v) is 3.55. The molecule has 148 valence electrons. The predicted octanol–water partition coefficient (Wildman–Crippen LogP) is 2.62. The molecule has 28 heavy (non-hydrogen) atoms. The van der Waals surface area contributed by atoms with E-state index in [-0.39, 0.29) is 41.8 Å². The average molecular weight is 387 g/mol. The Kier molecular flexibility index (Phi) is 5.17. The van der Waals surface area contributed by atoms with Crippen LogP contribution in [0.15, 0.2) is 30.5 Å². The van der Waals surface area contributed by atoms with Gasteiger partial charge in [0.2, 0.25) is 5.91 Å². The largest absolute Gasteiger partial charge is 0.488 e. The van der Waals surface area contributed by atoms with E-state index >= 15 is 0 Å². The van der Waals surface area contributed by atoms with Crippen LogP contribution in [0.2, 0.25) is 0 Å². The highest BCUT2D eigenvalue weighted by molar-refractivity contribution is 5.92. The molecule has 2 heterocycles. The molecular weight excluding hydrogens is 366 g/mol. The van der Waals surface area contributed by atoms with E-state index in [1.54, 1.807) is 26.0 Å². The molecule has 0 radical (unpaired) electrons. The van der Waals surface area contributed by atoms with E-state index in [0.29, 0.717) is 18.4 Å². The van der Waals surface area contributed by atoms with Gasteiger partial charge in [-0.1, -0.05) is 13.8 Å².